The molecule has 0 bridgehead atoms. The molecule has 0 saturated heterocycles. The van der Waals surface area contributed by atoms with Crippen molar-refractivity contribution < 1.29 is 8.78 Å². The summed E-state index contributed by atoms with van der Waals surface area (Å²) in [7, 11) is 1.53. The summed E-state index contributed by atoms with van der Waals surface area (Å²) in [6, 6.07) is 0. The summed E-state index contributed by atoms with van der Waals surface area (Å²) in [5.74, 6) is -2.02. The predicted molar refractivity (Wildman–Crippen MR) is 89.1 cm³/mol. The predicted octanol–water partition coefficient (Wildman–Crippen LogP) is 3.75. The number of aryl methyl sites for hydroxylation is 1. The maximum absolute atomic E-state index is 14.6. The molecular formula is C19H12F2N4. The molecule has 0 fully saturated rings. The lowest BCUT2D eigenvalue weighted by Gasteiger charge is -2.06. The van der Waals surface area contributed by atoms with Crippen molar-refractivity contribution in [2.24, 2.45) is 7.05 Å². The molecule has 0 saturated carbocycles. The number of allylic oxidation sites excluding steroid dienone is 6. The minimum atomic E-state index is -1.08. The van der Waals surface area contributed by atoms with E-state index < -0.39 is 17.2 Å². The monoisotopic (exact) mass is 334 g/mol. The van der Waals surface area contributed by atoms with E-state index in [9.17, 15) is 8.78 Å². The smallest absolute Gasteiger partial charge is 0.185 e. The van der Waals surface area contributed by atoms with Crippen molar-refractivity contribution in [3.63, 3.8) is 0 Å². The molecule has 0 aliphatic rings. The van der Waals surface area contributed by atoms with Crippen LogP contribution >= 0.6 is 0 Å². The largest absolute Gasteiger partial charge is 0.229 e. The molecular weight excluding hydrogens is 322 g/mol. The average Bonchev–Trinajstić information content (AvgIpc) is 3.00. The molecule has 25 heavy (non-hydrogen) atoms. The fraction of sp³-hybridized carbons (Fsp3) is 0.105. The van der Waals surface area contributed by atoms with Crippen molar-refractivity contribution >= 4 is 5.57 Å². The third-order valence-electron chi connectivity index (χ3n) is 2.55. The van der Waals surface area contributed by atoms with E-state index in [1.165, 1.54) is 17.8 Å². The quantitative estimate of drug-likeness (QED) is 0.622. The lowest BCUT2D eigenvalue weighted by molar-refractivity contribution is 0.606. The van der Waals surface area contributed by atoms with Crippen molar-refractivity contribution in [1.82, 2.24) is 20.2 Å². The number of halogens is 2. The molecule has 0 aromatic carbocycles. The van der Waals surface area contributed by atoms with E-state index in [2.05, 4.69) is 74.5 Å². The van der Waals surface area contributed by atoms with Gasteiger partial charge in [0.2, 0.25) is 0 Å². The van der Waals surface area contributed by atoms with Gasteiger partial charge in [-0.05, 0) is 64.9 Å². The van der Waals surface area contributed by atoms with Gasteiger partial charge in [-0.2, -0.15) is 8.78 Å². The molecule has 0 aliphatic carbocycles. The van der Waals surface area contributed by atoms with Crippen LogP contribution in [0.4, 0.5) is 8.78 Å². The van der Waals surface area contributed by atoms with E-state index in [1.807, 2.05) is 0 Å². The first kappa shape index (κ1) is 19.2. The van der Waals surface area contributed by atoms with Crippen LogP contribution in [0, 0.1) is 0 Å². The molecule has 0 radical (unpaired) electrons. The van der Waals surface area contributed by atoms with Gasteiger partial charge in [0.05, 0.1) is 5.57 Å². The van der Waals surface area contributed by atoms with E-state index in [0.29, 0.717) is 0 Å². The van der Waals surface area contributed by atoms with Crippen LogP contribution in [0.2, 0.25) is 0 Å². The van der Waals surface area contributed by atoms with Gasteiger partial charge in [-0.15, -0.1) is 5.10 Å². The molecule has 0 atom stereocenters. The summed E-state index contributed by atoms with van der Waals surface area (Å²) >= 11 is 0. The Balaban J connectivity index is 4.09. The Hall–Kier alpha value is -3.87. The highest BCUT2D eigenvalue weighted by atomic mass is 19.1. The van der Waals surface area contributed by atoms with Crippen LogP contribution in [0.15, 0.2) is 88.4 Å². The van der Waals surface area contributed by atoms with Crippen molar-refractivity contribution in [2.45, 2.75) is 6.92 Å². The molecule has 4 nitrogen and oxygen atoms in total. The fourth-order valence-corrected chi connectivity index (χ4v) is 1.61. The lowest BCUT2D eigenvalue weighted by Crippen LogP contribution is -2.01. The minimum absolute atomic E-state index is 0.0683. The molecule has 1 aromatic rings. The maximum Gasteiger partial charge on any atom is 0.185 e. The topological polar surface area (TPSA) is 43.6 Å². The Morgan fingerprint density at radius 1 is 1.04 bits per heavy atom. The number of hydrogen-bond acceptors (Lipinski definition) is 3. The third-order valence-corrected chi connectivity index (χ3v) is 2.55. The van der Waals surface area contributed by atoms with E-state index in [1.54, 1.807) is 13.0 Å². The van der Waals surface area contributed by atoms with Crippen LogP contribution in [-0.2, 0) is 7.05 Å². The Labute approximate surface area is 143 Å². The van der Waals surface area contributed by atoms with Crippen LogP contribution in [-0.4, -0.2) is 20.2 Å². The van der Waals surface area contributed by atoms with Gasteiger partial charge in [-0.1, -0.05) is 23.6 Å². The zero-order valence-corrected chi connectivity index (χ0v) is 13.6. The van der Waals surface area contributed by atoms with Crippen molar-refractivity contribution in [3.05, 3.63) is 94.2 Å². The number of hydrogen-bond donors (Lipinski definition) is 0. The van der Waals surface area contributed by atoms with Gasteiger partial charge in [0.25, 0.3) is 0 Å². The molecule has 0 unspecified atom stereocenters. The molecule has 122 valence electrons. The summed E-state index contributed by atoms with van der Waals surface area (Å²) in [4.78, 5) is 0. The zero-order chi connectivity index (χ0) is 18.7. The molecule has 1 rings (SSSR count). The van der Waals surface area contributed by atoms with E-state index in [0.717, 1.165) is 0 Å². The maximum atomic E-state index is 14.6. The van der Waals surface area contributed by atoms with Gasteiger partial charge in [0, 0.05) is 12.6 Å². The number of tetrazole rings is 1. The SMILES string of the molecule is C=C=C=C=C=C(F)C(C(F)=C=C=C=C=C)=C(C=CC)c1nnnn1C. The fourth-order valence-electron chi connectivity index (χ4n) is 1.61. The van der Waals surface area contributed by atoms with Crippen LogP contribution in [0.3, 0.4) is 0 Å². The first-order valence-corrected chi connectivity index (χ1v) is 6.78. The summed E-state index contributed by atoms with van der Waals surface area (Å²) in [6.45, 7) is 8.19. The normalized spacial score (nSPS) is 8.48. The molecule has 6 heteroatoms. The first-order chi connectivity index (χ1) is 12.1. The van der Waals surface area contributed by atoms with Crippen LogP contribution < -0.4 is 0 Å². The van der Waals surface area contributed by atoms with Crippen molar-refractivity contribution in [2.75, 3.05) is 0 Å². The average molecular weight is 334 g/mol. The highest BCUT2D eigenvalue weighted by Gasteiger charge is 2.20. The van der Waals surface area contributed by atoms with Gasteiger partial charge < -0.3 is 0 Å². The number of rotatable bonds is 4. The Morgan fingerprint density at radius 3 is 2.00 bits per heavy atom. The molecule has 1 aromatic heterocycles. The van der Waals surface area contributed by atoms with Crippen LogP contribution in [0.5, 0.6) is 0 Å². The Bertz CT molecular complexity index is 994. The number of aromatic nitrogens is 4. The molecule has 0 amide bonds. The van der Waals surface area contributed by atoms with Crippen LogP contribution in [0.25, 0.3) is 5.57 Å². The molecule has 0 spiro atoms. The second kappa shape index (κ2) is 10.0. The summed E-state index contributed by atoms with van der Waals surface area (Å²) in [5, 5.41) is 10.9. The van der Waals surface area contributed by atoms with Crippen molar-refractivity contribution in [3.8, 4) is 0 Å². The van der Waals surface area contributed by atoms with Gasteiger partial charge in [-0.3, -0.25) is 0 Å². The van der Waals surface area contributed by atoms with Crippen LogP contribution in [0.1, 0.15) is 12.7 Å². The first-order valence-electron chi connectivity index (χ1n) is 6.78. The highest BCUT2D eigenvalue weighted by Crippen LogP contribution is 2.30. The van der Waals surface area contributed by atoms with Gasteiger partial charge in [-0.25, -0.2) is 4.68 Å². The summed E-state index contributed by atoms with van der Waals surface area (Å²) in [6.07, 6.45) is 3.03. The minimum Gasteiger partial charge on any atom is -0.229 e. The van der Waals surface area contributed by atoms with Gasteiger partial charge in [0.15, 0.2) is 17.5 Å². The third kappa shape index (κ3) is 5.36. The second-order valence-corrected chi connectivity index (χ2v) is 4.15. The highest BCUT2D eigenvalue weighted by molar-refractivity contribution is 5.78. The van der Waals surface area contributed by atoms with Gasteiger partial charge >= 0.3 is 0 Å². The van der Waals surface area contributed by atoms with E-state index in [-0.39, 0.29) is 11.4 Å². The number of nitrogens with zero attached hydrogens (tertiary/aromatic N) is 4. The summed E-state index contributed by atoms with van der Waals surface area (Å²) < 4.78 is 30.4. The van der Waals surface area contributed by atoms with E-state index >= 15 is 0 Å². The van der Waals surface area contributed by atoms with E-state index in [4.69, 9.17) is 0 Å². The standard InChI is InChI=1S/C19H12F2N4/c1-5-8-10-13-16(20)18(17(21)14-11-9-6-2)15(12-7-3)19-22-23-24-25(19)4/h7,12H,1-2H2,3-4H3. The summed E-state index contributed by atoms with van der Waals surface area (Å²) in [5.41, 5.74) is 17.3. The Morgan fingerprint density at radius 2 is 1.60 bits per heavy atom. The Kier molecular flexibility index (Phi) is 7.68. The second-order valence-electron chi connectivity index (χ2n) is 4.15. The van der Waals surface area contributed by atoms with Crippen molar-refractivity contribution in [1.29, 1.82) is 0 Å². The lowest BCUT2D eigenvalue weighted by atomic mass is 10.0. The molecule has 0 N–H and O–H groups in total. The van der Waals surface area contributed by atoms with Gasteiger partial charge in [0.1, 0.15) is 0 Å². The molecule has 1 heterocycles. The molecule has 0 aliphatic heterocycles. The zero-order valence-electron chi connectivity index (χ0n) is 13.6.